The average molecular weight is 751 g/mol. The molecule has 280 valence electrons. The van der Waals surface area contributed by atoms with E-state index in [1.165, 1.54) is 12.1 Å². The number of phenols is 2. The molecule has 4 aliphatic rings. The molecule has 6 rings (SSSR count). The Morgan fingerprint density at radius 3 is 1.76 bits per heavy atom. The lowest BCUT2D eigenvalue weighted by Gasteiger charge is -2.34. The van der Waals surface area contributed by atoms with E-state index in [-0.39, 0.29) is 48.0 Å². The van der Waals surface area contributed by atoms with Gasteiger partial charge in [0.15, 0.2) is 0 Å². The number of carbonyl (C=O) groups excluding carboxylic acids is 3. The van der Waals surface area contributed by atoms with Crippen molar-refractivity contribution in [2.75, 3.05) is 47.9 Å². The van der Waals surface area contributed by atoms with Crippen LogP contribution in [0.15, 0.2) is 36.4 Å². The van der Waals surface area contributed by atoms with Crippen LogP contribution < -0.4 is 23.4 Å². The number of anilines is 2. The molecule has 0 aromatic heterocycles. The first kappa shape index (κ1) is 38.0. The number of aromatic hydroxyl groups is 2. The van der Waals surface area contributed by atoms with Gasteiger partial charge in [-0.25, -0.2) is 22.8 Å². The Morgan fingerprint density at radius 1 is 0.824 bits per heavy atom. The van der Waals surface area contributed by atoms with Crippen LogP contribution in [-0.2, 0) is 47.6 Å². The van der Waals surface area contributed by atoms with Gasteiger partial charge < -0.3 is 25.2 Å². The summed E-state index contributed by atoms with van der Waals surface area (Å²) in [4.78, 5) is 36.7. The standard InChI is InChI=1S/C19H27N3O6S.C14H19N3O4S/c1-19(2,3)28-18(25)21-8-4-5-14(11-21)9-13-6-7-15(16(23)10-13)22-12-17(24)20-29(22,26)27;18-13-7-10(6-11-2-1-5-15-8-11)3-4-12(13)17-9-14(19)16-22(17,20)21/h6-7,10,14,23H,4-5,8-9,11-12H2,1-3H3,(H,20,24);3-4,7,11,15,18H,1-2,5-6,8-9H2,(H,16,19). The van der Waals surface area contributed by atoms with Crippen molar-refractivity contribution in [3.63, 3.8) is 0 Å². The second-order valence-electron chi connectivity index (χ2n) is 14.3. The van der Waals surface area contributed by atoms with E-state index in [1.54, 1.807) is 23.1 Å². The van der Waals surface area contributed by atoms with Crippen LogP contribution in [0.2, 0.25) is 0 Å². The number of carbonyl (C=O) groups is 3. The number of benzene rings is 2. The number of amides is 3. The van der Waals surface area contributed by atoms with E-state index in [0.29, 0.717) is 25.4 Å². The van der Waals surface area contributed by atoms with E-state index >= 15 is 0 Å². The van der Waals surface area contributed by atoms with E-state index in [4.69, 9.17) is 4.74 Å². The molecule has 0 aliphatic carbocycles. The fourth-order valence-electron chi connectivity index (χ4n) is 6.63. The molecule has 4 aliphatic heterocycles. The predicted molar refractivity (Wildman–Crippen MR) is 189 cm³/mol. The largest absolute Gasteiger partial charge is 0.506 e. The molecule has 4 fully saturated rings. The van der Waals surface area contributed by atoms with Gasteiger partial charge in [-0.15, -0.1) is 0 Å². The summed E-state index contributed by atoms with van der Waals surface area (Å²) < 4.78 is 58.5. The third-order valence-electron chi connectivity index (χ3n) is 8.88. The van der Waals surface area contributed by atoms with Crippen LogP contribution in [0.1, 0.15) is 57.6 Å². The molecule has 2 atom stereocenters. The Balaban J connectivity index is 0.000000205. The lowest BCUT2D eigenvalue weighted by molar-refractivity contribution is -0.118. The topological polar surface area (TPSA) is 215 Å². The number of nitrogens with zero attached hydrogens (tertiary/aromatic N) is 3. The van der Waals surface area contributed by atoms with Gasteiger partial charge in [-0.05, 0) is 120 Å². The van der Waals surface area contributed by atoms with Gasteiger partial charge in [-0.2, -0.15) is 16.8 Å². The van der Waals surface area contributed by atoms with Crippen LogP contribution in [0.3, 0.4) is 0 Å². The zero-order valence-corrected chi connectivity index (χ0v) is 30.6. The first-order valence-corrected chi connectivity index (χ1v) is 19.8. The zero-order valence-electron chi connectivity index (χ0n) is 28.9. The lowest BCUT2D eigenvalue weighted by atomic mass is 9.91. The maximum atomic E-state index is 12.3. The number of rotatable bonds is 6. The van der Waals surface area contributed by atoms with Crippen molar-refractivity contribution in [3.05, 3.63) is 47.5 Å². The molecule has 4 heterocycles. The van der Waals surface area contributed by atoms with Gasteiger partial charge in [-0.1, -0.05) is 12.1 Å². The van der Waals surface area contributed by atoms with Crippen molar-refractivity contribution in [2.45, 2.75) is 64.9 Å². The number of piperidine rings is 2. The monoisotopic (exact) mass is 750 g/mol. The smallest absolute Gasteiger partial charge is 0.410 e. The molecule has 2 aromatic rings. The SMILES string of the molecule is CC(C)(C)OC(=O)N1CCCC(Cc2ccc(N3CC(=O)NS3(=O)=O)c(O)c2)C1.O=C1CN(c2ccc(CC3CCCNC3)cc2O)S(=O)(=O)N1. The van der Waals surface area contributed by atoms with Crippen LogP contribution in [0.25, 0.3) is 0 Å². The highest BCUT2D eigenvalue weighted by molar-refractivity contribution is 7.92. The van der Waals surface area contributed by atoms with Crippen molar-refractivity contribution in [2.24, 2.45) is 11.8 Å². The van der Waals surface area contributed by atoms with E-state index < -0.39 is 37.8 Å². The molecule has 0 saturated carbocycles. The number of ether oxygens (including phenoxy) is 1. The molecule has 3 amide bonds. The van der Waals surface area contributed by atoms with Crippen molar-refractivity contribution >= 4 is 49.7 Å². The molecule has 5 N–H and O–H groups in total. The second-order valence-corrected chi connectivity index (χ2v) is 17.5. The Bertz CT molecular complexity index is 1860. The van der Waals surface area contributed by atoms with Crippen LogP contribution in [0.5, 0.6) is 11.5 Å². The van der Waals surface area contributed by atoms with Gasteiger partial charge in [0, 0.05) is 13.1 Å². The summed E-state index contributed by atoms with van der Waals surface area (Å²) >= 11 is 0. The maximum Gasteiger partial charge on any atom is 0.410 e. The minimum atomic E-state index is -3.97. The third-order valence-corrected chi connectivity index (χ3v) is 11.7. The highest BCUT2D eigenvalue weighted by Crippen LogP contribution is 2.34. The van der Waals surface area contributed by atoms with Crippen molar-refractivity contribution in [1.29, 1.82) is 0 Å². The molecular weight excluding hydrogens is 705 g/mol. The molecule has 0 bridgehead atoms. The van der Waals surface area contributed by atoms with Crippen molar-refractivity contribution in [3.8, 4) is 11.5 Å². The summed E-state index contributed by atoms with van der Waals surface area (Å²) in [5, 5.41) is 23.8. The van der Waals surface area contributed by atoms with Crippen molar-refractivity contribution in [1.82, 2.24) is 19.7 Å². The highest BCUT2D eigenvalue weighted by atomic mass is 32.2. The fourth-order valence-corrected chi connectivity index (χ4v) is 8.95. The number of nitrogens with one attached hydrogen (secondary N) is 3. The van der Waals surface area contributed by atoms with Crippen LogP contribution in [0, 0.1) is 11.8 Å². The summed E-state index contributed by atoms with van der Waals surface area (Å²) in [7, 11) is -7.86. The fraction of sp³-hybridized carbons (Fsp3) is 0.545. The van der Waals surface area contributed by atoms with Crippen LogP contribution in [0.4, 0.5) is 16.2 Å². The van der Waals surface area contributed by atoms with Gasteiger partial charge in [0.2, 0.25) is 0 Å². The Kier molecular flexibility index (Phi) is 11.3. The van der Waals surface area contributed by atoms with Crippen molar-refractivity contribution < 1.29 is 46.2 Å². The van der Waals surface area contributed by atoms with E-state index in [9.17, 15) is 41.4 Å². The maximum absolute atomic E-state index is 12.3. The first-order valence-electron chi connectivity index (χ1n) is 16.9. The Hall–Kier alpha value is -4.29. The van der Waals surface area contributed by atoms with Gasteiger partial charge in [-0.3, -0.25) is 9.59 Å². The third kappa shape index (κ3) is 9.74. The summed E-state index contributed by atoms with van der Waals surface area (Å²) in [6, 6.07) is 9.69. The first-order chi connectivity index (χ1) is 23.9. The minimum absolute atomic E-state index is 0.0612. The van der Waals surface area contributed by atoms with Crippen LogP contribution in [-0.4, -0.2) is 94.7 Å². The number of phenolic OH excluding ortho intramolecular Hbond substituents is 2. The number of likely N-dealkylation sites (tertiary alicyclic amines) is 1. The van der Waals surface area contributed by atoms with Gasteiger partial charge in [0.05, 0.1) is 11.4 Å². The van der Waals surface area contributed by atoms with Crippen LogP contribution >= 0.6 is 0 Å². The quantitative estimate of drug-likeness (QED) is 0.287. The lowest BCUT2D eigenvalue weighted by Crippen LogP contribution is -2.43. The summed E-state index contributed by atoms with van der Waals surface area (Å²) in [5.74, 6) is -0.837. The molecule has 18 heteroatoms. The second kappa shape index (κ2) is 15.1. The van der Waals surface area contributed by atoms with Gasteiger partial charge in [0.1, 0.15) is 30.2 Å². The molecule has 2 aromatic carbocycles. The molecule has 51 heavy (non-hydrogen) atoms. The molecule has 0 spiro atoms. The Labute approximate surface area is 298 Å². The molecule has 2 unspecified atom stereocenters. The minimum Gasteiger partial charge on any atom is -0.506 e. The molecule has 4 saturated heterocycles. The highest BCUT2D eigenvalue weighted by Gasteiger charge is 2.37. The average Bonchev–Trinajstić information content (AvgIpc) is 3.47. The normalized spacial score (nSPS) is 22.8. The number of hydrogen-bond acceptors (Lipinski definition) is 11. The summed E-state index contributed by atoms with van der Waals surface area (Å²) in [6.45, 7) is 8.07. The number of hydrogen-bond donors (Lipinski definition) is 5. The van der Waals surface area contributed by atoms with E-state index in [0.717, 1.165) is 64.9 Å². The summed E-state index contributed by atoms with van der Waals surface area (Å²) in [5.41, 5.74) is 1.44. The summed E-state index contributed by atoms with van der Waals surface area (Å²) in [6.07, 6.45) is 5.26. The zero-order chi connectivity index (χ0) is 37.1. The predicted octanol–water partition coefficient (Wildman–Crippen LogP) is 1.88. The van der Waals surface area contributed by atoms with E-state index in [1.807, 2.05) is 36.3 Å². The molecule has 0 radical (unpaired) electrons. The van der Waals surface area contributed by atoms with E-state index in [2.05, 4.69) is 5.32 Å². The molecule has 16 nitrogen and oxygen atoms in total. The molecular formula is C33H46N6O10S2. The van der Waals surface area contributed by atoms with Gasteiger partial charge in [0.25, 0.3) is 11.8 Å². The Morgan fingerprint density at radius 2 is 1.33 bits per heavy atom. The van der Waals surface area contributed by atoms with Gasteiger partial charge >= 0.3 is 26.5 Å².